The van der Waals surface area contributed by atoms with Gasteiger partial charge in [-0.1, -0.05) is 47.7 Å². The Bertz CT molecular complexity index is 917. The summed E-state index contributed by atoms with van der Waals surface area (Å²) in [4.78, 5) is 26.3. The molecule has 1 aliphatic heterocycles. The molecule has 1 saturated heterocycles. The topological polar surface area (TPSA) is 57.6 Å². The van der Waals surface area contributed by atoms with E-state index in [0.717, 1.165) is 11.3 Å². The van der Waals surface area contributed by atoms with E-state index < -0.39 is 0 Å². The number of thioether (sulfide) groups is 1. The number of aromatic hydroxyl groups is 1. The molecule has 0 aliphatic carbocycles. The average molecular weight is 369 g/mol. The largest absolute Gasteiger partial charge is 0.507 e. The number of hydrogen-bond donors (Lipinski definition) is 1. The Balaban J connectivity index is 1.94. The number of aryl methyl sites for hydroxylation is 1. The molecule has 0 radical (unpaired) electrons. The summed E-state index contributed by atoms with van der Waals surface area (Å²) in [5.41, 5.74) is 2.72. The lowest BCUT2D eigenvalue weighted by molar-refractivity contribution is -0.113. The van der Waals surface area contributed by atoms with Crippen LogP contribution in [0.2, 0.25) is 0 Å². The number of Topliss-reactive ketones (excluding diaryl/α,β-unsaturated/α-hetero) is 1. The Morgan fingerprint density at radius 1 is 1.20 bits per heavy atom. The molecule has 0 bridgehead atoms. The maximum atomic E-state index is 12.7. The number of thiocarbonyl (C=S) groups is 1. The maximum Gasteiger partial charge on any atom is 0.270 e. The fourth-order valence-corrected chi connectivity index (χ4v) is 3.76. The normalized spacial score (nSPS) is 15.9. The Hall–Kier alpha value is -2.44. The standard InChI is InChI=1S/C19H15NO3S2/c1-11-3-6-14(7-4-11)20-18(23)17(25-19(20)24)10-13-5-8-16(22)15(9-13)12(2)21/h3-10,22H,1-2H3/b17-10-. The van der Waals surface area contributed by atoms with Gasteiger partial charge in [-0.05, 0) is 49.8 Å². The zero-order valence-corrected chi connectivity index (χ0v) is 15.3. The number of rotatable bonds is 3. The van der Waals surface area contributed by atoms with Gasteiger partial charge in [-0.2, -0.15) is 0 Å². The Morgan fingerprint density at radius 3 is 2.52 bits per heavy atom. The number of carbonyl (C=O) groups is 2. The van der Waals surface area contributed by atoms with Crippen LogP contribution in [0.15, 0.2) is 47.4 Å². The Kier molecular flexibility index (Phi) is 4.74. The fraction of sp³-hybridized carbons (Fsp3) is 0.105. The van der Waals surface area contributed by atoms with Crippen molar-refractivity contribution in [2.75, 3.05) is 4.90 Å². The van der Waals surface area contributed by atoms with Crippen molar-refractivity contribution in [3.05, 3.63) is 64.1 Å². The number of benzene rings is 2. The highest BCUT2D eigenvalue weighted by Crippen LogP contribution is 2.36. The second kappa shape index (κ2) is 6.82. The van der Waals surface area contributed by atoms with Crippen molar-refractivity contribution in [2.45, 2.75) is 13.8 Å². The summed E-state index contributed by atoms with van der Waals surface area (Å²) in [6, 6.07) is 12.2. The molecule has 2 aromatic rings. The van der Waals surface area contributed by atoms with Crippen molar-refractivity contribution >= 4 is 51.8 Å². The van der Waals surface area contributed by atoms with Crippen LogP contribution in [0.4, 0.5) is 5.69 Å². The molecule has 2 aromatic carbocycles. The first-order valence-corrected chi connectivity index (χ1v) is 8.78. The number of ketones is 1. The minimum atomic E-state index is -0.236. The van der Waals surface area contributed by atoms with Crippen LogP contribution in [-0.4, -0.2) is 21.1 Å². The predicted molar refractivity (Wildman–Crippen MR) is 105 cm³/mol. The summed E-state index contributed by atoms with van der Waals surface area (Å²) in [6.45, 7) is 3.36. The summed E-state index contributed by atoms with van der Waals surface area (Å²) < 4.78 is 0.464. The van der Waals surface area contributed by atoms with Gasteiger partial charge in [0.1, 0.15) is 5.75 Å². The van der Waals surface area contributed by atoms with Crippen molar-refractivity contribution in [3.8, 4) is 5.75 Å². The molecule has 25 heavy (non-hydrogen) atoms. The van der Waals surface area contributed by atoms with Gasteiger partial charge < -0.3 is 5.11 Å². The second-order valence-electron chi connectivity index (χ2n) is 5.69. The third kappa shape index (κ3) is 3.50. The zero-order valence-electron chi connectivity index (χ0n) is 13.6. The molecule has 0 saturated carbocycles. The molecule has 1 aliphatic rings. The van der Waals surface area contributed by atoms with Gasteiger partial charge in [0.25, 0.3) is 5.91 Å². The summed E-state index contributed by atoms with van der Waals surface area (Å²) in [7, 11) is 0. The number of amides is 1. The third-order valence-electron chi connectivity index (χ3n) is 3.78. The summed E-state index contributed by atoms with van der Waals surface area (Å²) in [5.74, 6) is -0.506. The van der Waals surface area contributed by atoms with Crippen LogP contribution in [0.25, 0.3) is 6.08 Å². The van der Waals surface area contributed by atoms with E-state index >= 15 is 0 Å². The van der Waals surface area contributed by atoms with Crippen molar-refractivity contribution < 1.29 is 14.7 Å². The van der Waals surface area contributed by atoms with Gasteiger partial charge in [0.05, 0.1) is 16.2 Å². The van der Waals surface area contributed by atoms with E-state index in [2.05, 4.69) is 0 Å². The van der Waals surface area contributed by atoms with Crippen molar-refractivity contribution in [3.63, 3.8) is 0 Å². The molecule has 0 unspecified atom stereocenters. The molecule has 1 N–H and O–H groups in total. The van der Waals surface area contributed by atoms with E-state index in [1.54, 1.807) is 18.2 Å². The van der Waals surface area contributed by atoms with E-state index in [1.165, 1.54) is 29.7 Å². The second-order valence-corrected chi connectivity index (χ2v) is 7.36. The molecular formula is C19H15NO3S2. The first-order valence-electron chi connectivity index (χ1n) is 7.55. The highest BCUT2D eigenvalue weighted by molar-refractivity contribution is 8.27. The molecule has 6 heteroatoms. The van der Waals surface area contributed by atoms with Gasteiger partial charge in [0.15, 0.2) is 10.1 Å². The molecule has 0 atom stereocenters. The van der Waals surface area contributed by atoms with Crippen molar-refractivity contribution in [2.24, 2.45) is 0 Å². The predicted octanol–water partition coefficient (Wildman–Crippen LogP) is 4.31. The molecule has 1 amide bonds. The zero-order chi connectivity index (χ0) is 18.1. The lowest BCUT2D eigenvalue weighted by Crippen LogP contribution is -2.27. The van der Waals surface area contributed by atoms with Crippen LogP contribution >= 0.6 is 24.0 Å². The molecule has 1 heterocycles. The smallest absolute Gasteiger partial charge is 0.270 e. The highest BCUT2D eigenvalue weighted by Gasteiger charge is 2.33. The van der Waals surface area contributed by atoms with Crippen LogP contribution < -0.4 is 4.90 Å². The highest BCUT2D eigenvalue weighted by atomic mass is 32.2. The molecule has 1 fully saturated rings. The first kappa shape index (κ1) is 17.4. The lowest BCUT2D eigenvalue weighted by Gasteiger charge is -2.14. The van der Waals surface area contributed by atoms with Gasteiger partial charge in [-0.3, -0.25) is 14.5 Å². The number of carbonyl (C=O) groups excluding carboxylic acids is 2. The number of hydrogen-bond acceptors (Lipinski definition) is 5. The molecule has 0 aromatic heterocycles. The number of nitrogens with zero attached hydrogens (tertiary/aromatic N) is 1. The van der Waals surface area contributed by atoms with E-state index in [-0.39, 0.29) is 23.0 Å². The van der Waals surface area contributed by atoms with Crippen molar-refractivity contribution in [1.82, 2.24) is 0 Å². The van der Waals surface area contributed by atoms with Crippen LogP contribution in [0.1, 0.15) is 28.4 Å². The Labute approximate surface area is 155 Å². The van der Waals surface area contributed by atoms with Gasteiger partial charge in [-0.25, -0.2) is 0 Å². The third-order valence-corrected chi connectivity index (χ3v) is 5.09. The van der Waals surface area contributed by atoms with Crippen LogP contribution in [-0.2, 0) is 4.79 Å². The molecule has 0 spiro atoms. The average Bonchev–Trinajstić information content (AvgIpc) is 2.84. The minimum absolute atomic E-state index is 0.0724. The van der Waals surface area contributed by atoms with Crippen LogP contribution in [0.3, 0.4) is 0 Å². The first-order chi connectivity index (χ1) is 11.9. The molecular weight excluding hydrogens is 354 g/mol. The maximum absolute atomic E-state index is 12.7. The van der Waals surface area contributed by atoms with Gasteiger partial charge in [-0.15, -0.1) is 0 Å². The molecule has 126 valence electrons. The molecule has 3 rings (SSSR count). The van der Waals surface area contributed by atoms with Gasteiger partial charge >= 0.3 is 0 Å². The van der Waals surface area contributed by atoms with E-state index in [9.17, 15) is 14.7 Å². The summed E-state index contributed by atoms with van der Waals surface area (Å²) >= 11 is 6.56. The van der Waals surface area contributed by atoms with E-state index in [0.29, 0.717) is 14.8 Å². The van der Waals surface area contributed by atoms with Gasteiger partial charge in [0, 0.05) is 0 Å². The van der Waals surface area contributed by atoms with Crippen LogP contribution in [0.5, 0.6) is 5.75 Å². The fourth-order valence-electron chi connectivity index (χ4n) is 2.46. The number of phenolic OH excluding ortho intramolecular Hbond substituents is 1. The quantitative estimate of drug-likeness (QED) is 0.496. The SMILES string of the molecule is CC(=O)c1cc(/C=C2\SC(=S)N(c3ccc(C)cc3)C2=O)ccc1O. The number of anilines is 1. The lowest BCUT2D eigenvalue weighted by atomic mass is 10.1. The number of phenols is 1. The monoisotopic (exact) mass is 369 g/mol. The summed E-state index contributed by atoms with van der Waals surface area (Å²) in [6.07, 6.45) is 1.68. The van der Waals surface area contributed by atoms with Crippen molar-refractivity contribution in [1.29, 1.82) is 0 Å². The summed E-state index contributed by atoms with van der Waals surface area (Å²) in [5, 5.41) is 9.73. The van der Waals surface area contributed by atoms with Gasteiger partial charge in [0.2, 0.25) is 0 Å². The van der Waals surface area contributed by atoms with Crippen LogP contribution in [0, 0.1) is 6.92 Å². The van der Waals surface area contributed by atoms with E-state index in [1.807, 2.05) is 31.2 Å². The minimum Gasteiger partial charge on any atom is -0.507 e. The molecule has 4 nitrogen and oxygen atoms in total. The Morgan fingerprint density at radius 2 is 1.88 bits per heavy atom. The van der Waals surface area contributed by atoms with E-state index in [4.69, 9.17) is 12.2 Å².